The number of hydrogen-bond donors (Lipinski definition) is 0. The summed E-state index contributed by atoms with van der Waals surface area (Å²) in [5, 5.41) is 20.8. The molecule has 3 rings (SSSR count). The van der Waals surface area contributed by atoms with Gasteiger partial charge in [0, 0.05) is 6.07 Å². The van der Waals surface area contributed by atoms with Gasteiger partial charge in [0.25, 0.3) is 0 Å². The largest absolute Gasteiger partial charge is 0.482 e. The first-order chi connectivity index (χ1) is 13.6. The summed E-state index contributed by atoms with van der Waals surface area (Å²) < 4.78 is 19.0. The number of nitrogens with zero attached hydrogens (tertiary/aromatic N) is 2. The summed E-state index contributed by atoms with van der Waals surface area (Å²) in [7, 11) is 0. The standard InChI is InChI=1S/C22H15FN2O3/c23-20-8-4-7-18(13-20)19(14-24)11-17-9-10-22(21(12-17)25(26)27)28-15-16-5-2-1-3-6-16/h1-13H,15H2/b19-11-. The molecule has 3 aromatic rings. The van der Waals surface area contributed by atoms with E-state index in [1.807, 2.05) is 36.4 Å². The van der Waals surface area contributed by atoms with Crippen molar-refractivity contribution >= 4 is 17.3 Å². The van der Waals surface area contributed by atoms with E-state index >= 15 is 0 Å². The Morgan fingerprint density at radius 1 is 1.11 bits per heavy atom. The fourth-order valence-electron chi connectivity index (χ4n) is 2.63. The Bertz CT molecular complexity index is 1070. The zero-order chi connectivity index (χ0) is 19.9. The minimum absolute atomic E-state index is 0.135. The zero-order valence-corrected chi connectivity index (χ0v) is 14.7. The van der Waals surface area contributed by atoms with Crippen LogP contribution in [0.1, 0.15) is 16.7 Å². The Hall–Kier alpha value is -3.98. The number of benzene rings is 3. The molecule has 0 aromatic heterocycles. The number of rotatable bonds is 6. The van der Waals surface area contributed by atoms with Crippen molar-refractivity contribution in [2.75, 3.05) is 0 Å². The molecule has 138 valence electrons. The maximum absolute atomic E-state index is 13.4. The first kappa shape index (κ1) is 18.8. The van der Waals surface area contributed by atoms with E-state index in [0.29, 0.717) is 11.1 Å². The number of nitro groups is 1. The van der Waals surface area contributed by atoms with Crippen molar-refractivity contribution in [3.63, 3.8) is 0 Å². The second kappa shape index (κ2) is 8.60. The van der Waals surface area contributed by atoms with Crippen molar-refractivity contribution in [2.24, 2.45) is 0 Å². The van der Waals surface area contributed by atoms with Crippen LogP contribution in [0.2, 0.25) is 0 Å². The molecule has 0 fully saturated rings. The molecule has 0 amide bonds. The molecule has 0 aliphatic carbocycles. The van der Waals surface area contributed by atoms with Gasteiger partial charge in [0.1, 0.15) is 12.4 Å². The van der Waals surface area contributed by atoms with Crippen LogP contribution in [0.25, 0.3) is 11.6 Å². The summed E-state index contributed by atoms with van der Waals surface area (Å²) in [5.74, 6) is -0.329. The van der Waals surface area contributed by atoms with E-state index < -0.39 is 10.7 Å². The summed E-state index contributed by atoms with van der Waals surface area (Å²) in [6, 6.07) is 21.4. The predicted octanol–water partition coefficient (Wildman–Crippen LogP) is 5.38. The van der Waals surface area contributed by atoms with Gasteiger partial charge in [-0.2, -0.15) is 5.26 Å². The van der Waals surface area contributed by atoms with Crippen LogP contribution in [0.15, 0.2) is 72.8 Å². The second-order valence-corrected chi connectivity index (χ2v) is 5.94. The Labute approximate surface area is 161 Å². The maximum atomic E-state index is 13.4. The molecule has 28 heavy (non-hydrogen) atoms. The molecule has 6 heteroatoms. The lowest BCUT2D eigenvalue weighted by Gasteiger charge is -2.08. The normalized spacial score (nSPS) is 10.9. The average Bonchev–Trinajstić information content (AvgIpc) is 2.71. The topological polar surface area (TPSA) is 76.2 Å². The van der Waals surface area contributed by atoms with E-state index in [1.165, 1.54) is 36.4 Å². The van der Waals surface area contributed by atoms with Crippen molar-refractivity contribution in [2.45, 2.75) is 6.61 Å². The first-order valence-corrected chi connectivity index (χ1v) is 8.40. The highest BCUT2D eigenvalue weighted by Gasteiger charge is 2.16. The highest BCUT2D eigenvalue weighted by atomic mass is 19.1. The van der Waals surface area contributed by atoms with Crippen LogP contribution in [-0.4, -0.2) is 4.92 Å². The smallest absolute Gasteiger partial charge is 0.311 e. The molecular weight excluding hydrogens is 359 g/mol. The first-order valence-electron chi connectivity index (χ1n) is 8.40. The molecule has 0 N–H and O–H groups in total. The molecule has 0 saturated heterocycles. The van der Waals surface area contributed by atoms with Gasteiger partial charge in [0.15, 0.2) is 5.75 Å². The molecule has 0 saturated carbocycles. The SMILES string of the molecule is N#C/C(=C/c1ccc(OCc2ccccc2)c([N+](=O)[O-])c1)c1cccc(F)c1. The van der Waals surface area contributed by atoms with E-state index in [1.54, 1.807) is 12.1 Å². The minimum Gasteiger partial charge on any atom is -0.482 e. The van der Waals surface area contributed by atoms with Gasteiger partial charge in [-0.05, 0) is 41.0 Å². The van der Waals surface area contributed by atoms with Crippen LogP contribution in [0.3, 0.4) is 0 Å². The van der Waals surface area contributed by atoms with Gasteiger partial charge in [-0.15, -0.1) is 0 Å². The van der Waals surface area contributed by atoms with E-state index in [-0.39, 0.29) is 23.6 Å². The maximum Gasteiger partial charge on any atom is 0.311 e. The predicted molar refractivity (Wildman–Crippen MR) is 104 cm³/mol. The Balaban J connectivity index is 1.89. The molecule has 0 atom stereocenters. The van der Waals surface area contributed by atoms with Crippen molar-refractivity contribution in [1.29, 1.82) is 5.26 Å². The van der Waals surface area contributed by atoms with Crippen molar-refractivity contribution in [1.82, 2.24) is 0 Å². The van der Waals surface area contributed by atoms with Gasteiger partial charge in [-0.1, -0.05) is 48.5 Å². The third-order valence-electron chi connectivity index (χ3n) is 3.98. The highest BCUT2D eigenvalue weighted by molar-refractivity contribution is 5.90. The van der Waals surface area contributed by atoms with Crippen LogP contribution in [0.4, 0.5) is 10.1 Å². The van der Waals surface area contributed by atoms with Crippen molar-refractivity contribution in [3.8, 4) is 11.8 Å². The van der Waals surface area contributed by atoms with Gasteiger partial charge in [0.05, 0.1) is 16.6 Å². The number of allylic oxidation sites excluding steroid dienone is 1. The number of nitro benzene ring substituents is 1. The van der Waals surface area contributed by atoms with Gasteiger partial charge < -0.3 is 4.74 Å². The summed E-state index contributed by atoms with van der Waals surface area (Å²) in [6.45, 7) is 0.198. The lowest BCUT2D eigenvalue weighted by atomic mass is 10.0. The third-order valence-corrected chi connectivity index (χ3v) is 3.98. The molecule has 5 nitrogen and oxygen atoms in total. The highest BCUT2D eigenvalue weighted by Crippen LogP contribution is 2.30. The van der Waals surface area contributed by atoms with Gasteiger partial charge >= 0.3 is 5.69 Å². The number of nitriles is 1. The second-order valence-electron chi connectivity index (χ2n) is 5.94. The Kier molecular flexibility index (Phi) is 5.78. The van der Waals surface area contributed by atoms with Crippen molar-refractivity contribution < 1.29 is 14.1 Å². The van der Waals surface area contributed by atoms with Crippen molar-refractivity contribution in [3.05, 3.63) is 105 Å². The van der Waals surface area contributed by atoms with E-state index in [4.69, 9.17) is 4.74 Å². The zero-order valence-electron chi connectivity index (χ0n) is 14.7. The van der Waals surface area contributed by atoms with Crippen LogP contribution >= 0.6 is 0 Å². The molecule has 3 aromatic carbocycles. The number of hydrogen-bond acceptors (Lipinski definition) is 4. The van der Waals surface area contributed by atoms with Gasteiger partial charge in [-0.25, -0.2) is 4.39 Å². The molecule has 0 unspecified atom stereocenters. The summed E-state index contributed by atoms with van der Waals surface area (Å²) in [5.41, 5.74) is 1.72. The fraction of sp³-hybridized carbons (Fsp3) is 0.0455. The summed E-state index contributed by atoms with van der Waals surface area (Å²) in [6.07, 6.45) is 1.47. The Morgan fingerprint density at radius 2 is 1.89 bits per heavy atom. The molecule has 0 aliphatic rings. The molecular formula is C22H15FN2O3. The monoisotopic (exact) mass is 374 g/mol. The average molecular weight is 374 g/mol. The lowest BCUT2D eigenvalue weighted by Crippen LogP contribution is -1.99. The summed E-state index contributed by atoms with van der Waals surface area (Å²) in [4.78, 5) is 10.9. The Morgan fingerprint density at radius 3 is 2.57 bits per heavy atom. The third kappa shape index (κ3) is 4.59. The van der Waals surface area contributed by atoms with Gasteiger partial charge in [0.2, 0.25) is 0 Å². The number of halogens is 1. The minimum atomic E-state index is -0.536. The van der Waals surface area contributed by atoms with Crippen LogP contribution < -0.4 is 4.74 Å². The lowest BCUT2D eigenvalue weighted by molar-refractivity contribution is -0.386. The van der Waals surface area contributed by atoms with E-state index in [9.17, 15) is 19.8 Å². The summed E-state index contributed by atoms with van der Waals surface area (Å²) >= 11 is 0. The molecule has 0 radical (unpaired) electrons. The quantitative estimate of drug-likeness (QED) is 0.251. The fourth-order valence-corrected chi connectivity index (χ4v) is 2.63. The molecule has 0 aliphatic heterocycles. The van der Waals surface area contributed by atoms with Crippen LogP contribution in [-0.2, 0) is 6.61 Å². The molecule has 0 heterocycles. The number of ether oxygens (including phenoxy) is 1. The molecule has 0 spiro atoms. The van der Waals surface area contributed by atoms with E-state index in [0.717, 1.165) is 5.56 Å². The van der Waals surface area contributed by atoms with Crippen LogP contribution in [0.5, 0.6) is 5.75 Å². The van der Waals surface area contributed by atoms with E-state index in [2.05, 4.69) is 0 Å². The van der Waals surface area contributed by atoms with Gasteiger partial charge in [-0.3, -0.25) is 10.1 Å². The van der Waals surface area contributed by atoms with Crippen LogP contribution in [0, 0.1) is 27.3 Å². The molecule has 0 bridgehead atoms.